The maximum Gasteiger partial charge on any atom is 0.105 e. The van der Waals surface area contributed by atoms with Crippen molar-refractivity contribution in [3.63, 3.8) is 0 Å². The second-order valence-electron chi connectivity index (χ2n) is 5.86. The van der Waals surface area contributed by atoms with Gasteiger partial charge >= 0.3 is 0 Å². The van der Waals surface area contributed by atoms with Crippen LogP contribution in [0.1, 0.15) is 24.8 Å². The maximum atomic E-state index is 5.69. The van der Waals surface area contributed by atoms with Crippen LogP contribution in [0.15, 0.2) is 22.7 Å². The first kappa shape index (κ1) is 15.7. The number of nitrogens with two attached hydrogens (primary N) is 1. The Morgan fingerprint density at radius 2 is 2.00 bits per heavy atom. The van der Waals surface area contributed by atoms with Crippen LogP contribution in [0.2, 0.25) is 0 Å². The second-order valence-corrected chi connectivity index (χ2v) is 7.15. The first-order valence-electron chi connectivity index (χ1n) is 6.84. The minimum absolute atomic E-state index is 0.322. The van der Waals surface area contributed by atoms with Crippen LogP contribution in [0, 0.1) is 0 Å². The molecular formula is C15H22BrN3S. The molecule has 0 aromatic heterocycles. The lowest BCUT2D eigenvalue weighted by molar-refractivity contribution is 0.0683. The van der Waals surface area contributed by atoms with Gasteiger partial charge in [0.2, 0.25) is 0 Å². The van der Waals surface area contributed by atoms with Gasteiger partial charge < -0.3 is 15.5 Å². The van der Waals surface area contributed by atoms with E-state index in [1.165, 1.54) is 24.9 Å². The van der Waals surface area contributed by atoms with E-state index in [2.05, 4.69) is 59.0 Å². The van der Waals surface area contributed by atoms with Gasteiger partial charge in [0.1, 0.15) is 4.99 Å². The highest BCUT2D eigenvalue weighted by Crippen LogP contribution is 2.37. The molecule has 0 heterocycles. The minimum Gasteiger partial charge on any atom is -0.389 e. The van der Waals surface area contributed by atoms with Gasteiger partial charge in [-0.2, -0.15) is 0 Å². The summed E-state index contributed by atoms with van der Waals surface area (Å²) >= 11 is 8.59. The summed E-state index contributed by atoms with van der Waals surface area (Å²) in [5.74, 6) is 0. The van der Waals surface area contributed by atoms with Crippen LogP contribution in [0.5, 0.6) is 0 Å². The standard InChI is InChI=1S/C15H22BrN3S/c1-18(2)15(7-4-8-15)10-19(3)11-5-6-12(14(17)20)13(16)9-11/h5-6,9H,4,7-8,10H2,1-3H3,(H2,17,20). The highest BCUT2D eigenvalue weighted by molar-refractivity contribution is 9.10. The Hall–Kier alpha value is -0.650. The molecule has 0 saturated heterocycles. The third-order valence-corrected chi connectivity index (χ3v) is 5.30. The van der Waals surface area contributed by atoms with Crippen LogP contribution in [0.25, 0.3) is 0 Å². The highest BCUT2D eigenvalue weighted by atomic mass is 79.9. The van der Waals surface area contributed by atoms with Crippen LogP contribution in [0.3, 0.4) is 0 Å². The fourth-order valence-corrected chi connectivity index (χ4v) is 3.70. The number of nitrogens with zero attached hydrogens (tertiary/aromatic N) is 2. The van der Waals surface area contributed by atoms with Crippen molar-refractivity contribution in [3.05, 3.63) is 28.2 Å². The van der Waals surface area contributed by atoms with Crippen molar-refractivity contribution in [2.24, 2.45) is 5.73 Å². The van der Waals surface area contributed by atoms with Crippen LogP contribution in [-0.2, 0) is 0 Å². The third-order valence-electron chi connectivity index (χ3n) is 4.42. The van der Waals surface area contributed by atoms with Crippen molar-refractivity contribution >= 4 is 38.8 Å². The SMILES string of the molecule is CN(CC1(N(C)C)CCC1)c1ccc(C(N)=S)c(Br)c1. The van der Waals surface area contributed by atoms with Crippen LogP contribution < -0.4 is 10.6 Å². The average Bonchev–Trinajstić information content (AvgIpc) is 2.32. The molecule has 1 aliphatic carbocycles. The predicted octanol–water partition coefficient (Wildman–Crippen LogP) is 3.00. The van der Waals surface area contributed by atoms with E-state index in [1.54, 1.807) is 0 Å². The summed E-state index contributed by atoms with van der Waals surface area (Å²) in [6, 6.07) is 6.17. The lowest BCUT2D eigenvalue weighted by Crippen LogP contribution is -2.56. The van der Waals surface area contributed by atoms with Crippen LogP contribution in [0.4, 0.5) is 5.69 Å². The van der Waals surface area contributed by atoms with Crippen molar-refractivity contribution in [2.45, 2.75) is 24.8 Å². The lowest BCUT2D eigenvalue weighted by Gasteiger charge is -2.49. The fourth-order valence-electron chi connectivity index (χ4n) is 2.81. The molecule has 1 aromatic rings. The second kappa shape index (κ2) is 6.00. The Morgan fingerprint density at radius 3 is 2.40 bits per heavy atom. The zero-order valence-electron chi connectivity index (χ0n) is 12.3. The average molecular weight is 356 g/mol. The molecule has 1 saturated carbocycles. The van der Waals surface area contributed by atoms with Gasteiger partial charge in [-0.1, -0.05) is 12.2 Å². The van der Waals surface area contributed by atoms with E-state index >= 15 is 0 Å². The van der Waals surface area contributed by atoms with E-state index in [1.807, 2.05) is 6.07 Å². The molecule has 3 nitrogen and oxygen atoms in total. The number of halogens is 1. The summed E-state index contributed by atoms with van der Waals surface area (Å²) < 4.78 is 0.960. The van der Waals surface area contributed by atoms with Gasteiger partial charge in [0.15, 0.2) is 0 Å². The normalized spacial score (nSPS) is 16.9. The van der Waals surface area contributed by atoms with E-state index in [9.17, 15) is 0 Å². The summed E-state index contributed by atoms with van der Waals surface area (Å²) in [6.45, 7) is 1.04. The molecule has 110 valence electrons. The van der Waals surface area contributed by atoms with Crippen molar-refractivity contribution in [3.8, 4) is 0 Å². The Balaban J connectivity index is 2.15. The molecular weight excluding hydrogens is 334 g/mol. The van der Waals surface area contributed by atoms with E-state index in [-0.39, 0.29) is 0 Å². The summed E-state index contributed by atoms with van der Waals surface area (Å²) in [4.78, 5) is 5.11. The summed E-state index contributed by atoms with van der Waals surface area (Å²) in [5, 5.41) is 0. The Labute approximate surface area is 135 Å². The van der Waals surface area contributed by atoms with Crippen molar-refractivity contribution in [1.29, 1.82) is 0 Å². The van der Waals surface area contributed by atoms with Crippen molar-refractivity contribution < 1.29 is 0 Å². The third kappa shape index (κ3) is 3.00. The molecule has 20 heavy (non-hydrogen) atoms. The van der Waals surface area contributed by atoms with Crippen molar-refractivity contribution in [1.82, 2.24) is 4.90 Å². The molecule has 5 heteroatoms. The molecule has 0 unspecified atom stereocenters. The number of benzene rings is 1. The number of anilines is 1. The molecule has 0 spiro atoms. The van der Waals surface area contributed by atoms with E-state index in [4.69, 9.17) is 18.0 Å². The Kier molecular flexibility index (Phi) is 4.72. The molecule has 1 aliphatic rings. The molecule has 1 aromatic carbocycles. The molecule has 1 fully saturated rings. The molecule has 0 amide bonds. The van der Waals surface area contributed by atoms with Gasteiger partial charge in [-0.3, -0.25) is 0 Å². The first-order chi connectivity index (χ1) is 9.35. The topological polar surface area (TPSA) is 32.5 Å². The first-order valence-corrected chi connectivity index (χ1v) is 8.04. The number of hydrogen-bond acceptors (Lipinski definition) is 3. The van der Waals surface area contributed by atoms with Gasteiger partial charge in [0.05, 0.1) is 0 Å². The van der Waals surface area contributed by atoms with Gasteiger partial charge in [-0.15, -0.1) is 0 Å². The molecule has 0 atom stereocenters. The maximum absolute atomic E-state index is 5.69. The fraction of sp³-hybridized carbons (Fsp3) is 0.533. The van der Waals surface area contributed by atoms with E-state index < -0.39 is 0 Å². The van der Waals surface area contributed by atoms with Crippen LogP contribution in [-0.4, -0.2) is 43.1 Å². The zero-order chi connectivity index (χ0) is 14.9. The molecule has 0 radical (unpaired) electrons. The predicted molar refractivity (Wildman–Crippen MR) is 93.6 cm³/mol. The number of rotatable bonds is 5. The molecule has 0 bridgehead atoms. The van der Waals surface area contributed by atoms with Crippen molar-refractivity contribution in [2.75, 3.05) is 32.6 Å². The lowest BCUT2D eigenvalue weighted by atomic mass is 9.75. The van der Waals surface area contributed by atoms with Gasteiger partial charge in [0, 0.05) is 34.9 Å². The van der Waals surface area contributed by atoms with Gasteiger partial charge in [-0.05, 0) is 67.5 Å². The van der Waals surface area contributed by atoms with Gasteiger partial charge in [-0.25, -0.2) is 0 Å². The molecule has 0 aliphatic heterocycles. The largest absolute Gasteiger partial charge is 0.389 e. The number of likely N-dealkylation sites (N-methyl/N-ethyl adjacent to an activating group) is 2. The van der Waals surface area contributed by atoms with Gasteiger partial charge in [0.25, 0.3) is 0 Å². The van der Waals surface area contributed by atoms with Crippen LogP contribution >= 0.6 is 28.1 Å². The number of thiocarbonyl (C=S) groups is 1. The summed E-state index contributed by atoms with van der Waals surface area (Å²) in [6.07, 6.45) is 3.88. The monoisotopic (exact) mass is 355 g/mol. The Bertz CT molecular complexity index is 512. The Morgan fingerprint density at radius 1 is 1.35 bits per heavy atom. The smallest absolute Gasteiger partial charge is 0.105 e. The quantitative estimate of drug-likeness (QED) is 0.823. The van der Waals surface area contributed by atoms with E-state index in [0.29, 0.717) is 10.5 Å². The zero-order valence-corrected chi connectivity index (χ0v) is 14.7. The molecule has 2 rings (SSSR count). The minimum atomic E-state index is 0.322. The summed E-state index contributed by atoms with van der Waals surface area (Å²) in [5.41, 5.74) is 8.09. The summed E-state index contributed by atoms with van der Waals surface area (Å²) in [7, 11) is 6.50. The number of hydrogen-bond donors (Lipinski definition) is 1. The highest BCUT2D eigenvalue weighted by Gasteiger charge is 2.39. The van der Waals surface area contributed by atoms with E-state index in [0.717, 1.165) is 16.6 Å². The molecule has 2 N–H and O–H groups in total.